The number of aromatic nitrogens is 2. The van der Waals surface area contributed by atoms with Crippen molar-refractivity contribution in [3.05, 3.63) is 49.4 Å². The van der Waals surface area contributed by atoms with Gasteiger partial charge in [0.2, 0.25) is 0 Å². The summed E-state index contributed by atoms with van der Waals surface area (Å²) >= 11 is 5.91. The highest BCUT2D eigenvalue weighted by atomic mass is 127. The molecule has 0 unspecified atom stereocenters. The fourth-order valence-electron chi connectivity index (χ4n) is 2.05. The van der Waals surface area contributed by atoms with Crippen molar-refractivity contribution < 1.29 is 0 Å². The number of nitrogens with one attached hydrogen (secondary N) is 1. The first-order valence-corrected chi connectivity index (χ1v) is 8.68. The van der Waals surface area contributed by atoms with Crippen LogP contribution >= 0.6 is 38.5 Å². The van der Waals surface area contributed by atoms with Crippen LogP contribution in [0.15, 0.2) is 28.7 Å². The maximum Gasteiger partial charge on any atom is 0.143 e. The minimum Gasteiger partial charge on any atom is -0.372 e. The van der Waals surface area contributed by atoms with Crippen molar-refractivity contribution in [3.63, 3.8) is 0 Å². The fourth-order valence-corrected chi connectivity index (χ4v) is 3.79. The number of hydrogen-bond acceptors (Lipinski definition) is 3. The van der Waals surface area contributed by atoms with Gasteiger partial charge < -0.3 is 5.32 Å². The first-order chi connectivity index (χ1) is 9.82. The third-order valence-corrected chi connectivity index (χ3v) is 4.95. The van der Waals surface area contributed by atoms with Crippen molar-refractivity contribution in [3.8, 4) is 0 Å². The predicted octanol–water partition coefficient (Wildman–Crippen LogP) is 4.77. The Morgan fingerprint density at radius 2 is 1.86 bits per heavy atom. The molecule has 0 amide bonds. The van der Waals surface area contributed by atoms with Gasteiger partial charge in [0, 0.05) is 23.4 Å². The molecule has 1 aromatic heterocycles. The van der Waals surface area contributed by atoms with Crippen LogP contribution in [0, 0.1) is 3.57 Å². The topological polar surface area (TPSA) is 37.8 Å². The first kappa shape index (κ1) is 16.7. The zero-order valence-electron chi connectivity index (χ0n) is 12.7. The molecule has 0 fully saturated rings. The molecule has 5 heteroatoms. The average Bonchev–Trinajstić information content (AvgIpc) is 2.41. The van der Waals surface area contributed by atoms with Crippen LogP contribution in [0.3, 0.4) is 0 Å². The van der Waals surface area contributed by atoms with Gasteiger partial charge in [-0.15, -0.1) is 0 Å². The molecule has 2 aromatic rings. The molecule has 0 atom stereocenters. The normalized spacial score (nSPS) is 11.5. The van der Waals surface area contributed by atoms with E-state index in [-0.39, 0.29) is 5.41 Å². The summed E-state index contributed by atoms with van der Waals surface area (Å²) in [4.78, 5) is 9.46. The minimum absolute atomic E-state index is 0.00622. The monoisotopic (exact) mass is 459 g/mol. The van der Waals surface area contributed by atoms with E-state index in [2.05, 4.69) is 75.7 Å². The minimum atomic E-state index is -0.00622. The summed E-state index contributed by atoms with van der Waals surface area (Å²) in [5.41, 5.74) is 2.28. The molecule has 1 N–H and O–H groups in total. The van der Waals surface area contributed by atoms with E-state index in [1.807, 2.05) is 25.2 Å². The summed E-state index contributed by atoms with van der Waals surface area (Å²) < 4.78 is 2.19. The molecule has 21 heavy (non-hydrogen) atoms. The van der Waals surface area contributed by atoms with Gasteiger partial charge >= 0.3 is 0 Å². The second kappa shape index (κ2) is 6.60. The van der Waals surface area contributed by atoms with E-state index in [1.54, 1.807) is 0 Å². The van der Waals surface area contributed by atoms with Gasteiger partial charge in [0.15, 0.2) is 0 Å². The van der Waals surface area contributed by atoms with Crippen molar-refractivity contribution in [2.24, 2.45) is 0 Å². The van der Waals surface area contributed by atoms with Crippen molar-refractivity contribution >= 4 is 44.3 Å². The molecule has 0 saturated heterocycles. The highest BCUT2D eigenvalue weighted by Crippen LogP contribution is 2.30. The Kier molecular flexibility index (Phi) is 5.24. The lowest BCUT2D eigenvalue weighted by Crippen LogP contribution is -2.19. The van der Waals surface area contributed by atoms with Crippen LogP contribution in [0.4, 0.5) is 5.82 Å². The number of hydrogen-bond donors (Lipinski definition) is 1. The highest BCUT2D eigenvalue weighted by Gasteiger charge is 2.23. The third-order valence-electron chi connectivity index (χ3n) is 3.15. The number of nitrogens with zero attached hydrogens (tertiary/aromatic N) is 2. The molecule has 0 aliphatic carbocycles. The van der Waals surface area contributed by atoms with Crippen molar-refractivity contribution in [1.29, 1.82) is 0 Å². The smallest absolute Gasteiger partial charge is 0.143 e. The Labute approximate surface area is 148 Å². The quantitative estimate of drug-likeness (QED) is 0.671. The highest BCUT2D eigenvalue weighted by molar-refractivity contribution is 14.1. The standard InChI is InChI=1S/C16H19BrIN3/c1-16(2,3)14-13(18)15(19-4)21-12(20-14)9-10-7-5-6-8-11(10)17/h5-8H,9H2,1-4H3,(H,19,20,21). The molecule has 2 rings (SSSR count). The molecule has 1 aromatic carbocycles. The second-order valence-corrected chi connectivity index (χ2v) is 7.85. The maximum absolute atomic E-state index is 4.81. The average molecular weight is 460 g/mol. The summed E-state index contributed by atoms with van der Waals surface area (Å²) in [5, 5.41) is 3.18. The zero-order valence-corrected chi connectivity index (χ0v) is 16.4. The first-order valence-electron chi connectivity index (χ1n) is 6.81. The zero-order chi connectivity index (χ0) is 15.6. The van der Waals surface area contributed by atoms with Crippen molar-refractivity contribution in [2.75, 3.05) is 12.4 Å². The lowest BCUT2D eigenvalue weighted by atomic mass is 9.91. The molecular weight excluding hydrogens is 441 g/mol. The van der Waals surface area contributed by atoms with E-state index in [9.17, 15) is 0 Å². The van der Waals surface area contributed by atoms with Crippen LogP contribution in [0.25, 0.3) is 0 Å². The molecule has 0 radical (unpaired) electrons. The molecule has 0 aliphatic rings. The van der Waals surface area contributed by atoms with Crippen molar-refractivity contribution in [2.45, 2.75) is 32.6 Å². The van der Waals surface area contributed by atoms with E-state index in [1.165, 1.54) is 5.56 Å². The Morgan fingerprint density at radius 1 is 1.19 bits per heavy atom. The third kappa shape index (κ3) is 3.94. The number of rotatable bonds is 3. The Hall–Kier alpha value is -0.690. The van der Waals surface area contributed by atoms with Gasteiger partial charge in [-0.3, -0.25) is 0 Å². The van der Waals surface area contributed by atoms with Gasteiger partial charge in [-0.25, -0.2) is 9.97 Å². The lowest BCUT2D eigenvalue weighted by Gasteiger charge is -2.21. The maximum atomic E-state index is 4.81. The van der Waals surface area contributed by atoms with Gasteiger partial charge in [-0.2, -0.15) is 0 Å². The van der Waals surface area contributed by atoms with E-state index in [4.69, 9.17) is 4.98 Å². The van der Waals surface area contributed by atoms with Crippen LogP contribution in [-0.2, 0) is 11.8 Å². The Balaban J connectivity index is 2.48. The molecule has 3 nitrogen and oxygen atoms in total. The fraction of sp³-hybridized carbons (Fsp3) is 0.375. The van der Waals surface area contributed by atoms with Crippen LogP contribution in [0.1, 0.15) is 37.9 Å². The summed E-state index contributed by atoms with van der Waals surface area (Å²) in [6.45, 7) is 6.54. The molecule has 0 aliphatic heterocycles. The Morgan fingerprint density at radius 3 is 2.43 bits per heavy atom. The van der Waals surface area contributed by atoms with E-state index < -0.39 is 0 Å². The molecule has 0 saturated carbocycles. The van der Waals surface area contributed by atoms with Crippen LogP contribution in [-0.4, -0.2) is 17.0 Å². The Bertz CT molecular complexity index is 650. The van der Waals surface area contributed by atoms with Crippen LogP contribution in [0.5, 0.6) is 0 Å². The predicted molar refractivity (Wildman–Crippen MR) is 99.9 cm³/mol. The summed E-state index contributed by atoms with van der Waals surface area (Å²) in [6, 6.07) is 8.20. The van der Waals surface area contributed by atoms with E-state index in [0.29, 0.717) is 0 Å². The second-order valence-electron chi connectivity index (χ2n) is 5.92. The number of halogens is 2. The van der Waals surface area contributed by atoms with Gasteiger partial charge in [0.1, 0.15) is 11.6 Å². The SMILES string of the molecule is CNc1nc(Cc2ccccc2Br)nc(C(C)(C)C)c1I. The summed E-state index contributed by atoms with van der Waals surface area (Å²) in [7, 11) is 1.90. The number of benzene rings is 1. The van der Waals surface area contributed by atoms with E-state index in [0.717, 1.165) is 31.8 Å². The summed E-state index contributed by atoms with van der Waals surface area (Å²) in [5.74, 6) is 1.74. The largest absolute Gasteiger partial charge is 0.372 e. The van der Waals surface area contributed by atoms with Gasteiger partial charge in [0.05, 0.1) is 9.26 Å². The van der Waals surface area contributed by atoms with Crippen LogP contribution in [0.2, 0.25) is 0 Å². The molecular formula is C16H19BrIN3. The molecule has 0 spiro atoms. The summed E-state index contributed by atoms with van der Waals surface area (Å²) in [6.07, 6.45) is 0.718. The van der Waals surface area contributed by atoms with E-state index >= 15 is 0 Å². The molecule has 0 bridgehead atoms. The van der Waals surface area contributed by atoms with Crippen LogP contribution < -0.4 is 5.32 Å². The van der Waals surface area contributed by atoms with Gasteiger partial charge in [-0.1, -0.05) is 54.9 Å². The number of anilines is 1. The van der Waals surface area contributed by atoms with Gasteiger partial charge in [0.25, 0.3) is 0 Å². The van der Waals surface area contributed by atoms with Gasteiger partial charge in [-0.05, 0) is 34.2 Å². The molecule has 112 valence electrons. The van der Waals surface area contributed by atoms with Crippen molar-refractivity contribution in [1.82, 2.24) is 9.97 Å². The lowest BCUT2D eigenvalue weighted by molar-refractivity contribution is 0.559. The molecule has 1 heterocycles.